The van der Waals surface area contributed by atoms with Gasteiger partial charge in [0.15, 0.2) is 5.75 Å². The van der Waals surface area contributed by atoms with Gasteiger partial charge in [-0.05, 0) is 31.7 Å². The molecule has 2 atom stereocenters. The van der Waals surface area contributed by atoms with Crippen LogP contribution in [0.5, 0.6) is 5.75 Å². The highest BCUT2D eigenvalue weighted by Crippen LogP contribution is 2.32. The molecule has 1 saturated heterocycles. The standard InChI is InChI=1S/C21H28N4O3/c1-15-20(12-25(24-15)18-8-5-9-18)27-14-17-10-22-11-19(17)23-21(26)28-13-16-6-3-2-4-7-16/h2-4,6-7,12,17-19,22H,5,8-11,13-14H2,1H3,(H,23,26). The maximum absolute atomic E-state index is 12.1. The molecule has 2 unspecified atom stereocenters. The fourth-order valence-electron chi connectivity index (χ4n) is 3.64. The van der Waals surface area contributed by atoms with Crippen molar-refractivity contribution >= 4 is 6.09 Å². The Morgan fingerprint density at radius 1 is 1.29 bits per heavy atom. The quantitative estimate of drug-likeness (QED) is 0.768. The predicted molar refractivity (Wildman–Crippen MR) is 105 cm³/mol. The average molecular weight is 384 g/mol. The highest BCUT2D eigenvalue weighted by Gasteiger charge is 2.30. The molecule has 1 saturated carbocycles. The summed E-state index contributed by atoms with van der Waals surface area (Å²) >= 11 is 0. The van der Waals surface area contributed by atoms with Gasteiger partial charge in [-0.25, -0.2) is 4.79 Å². The third-order valence-corrected chi connectivity index (χ3v) is 5.63. The second-order valence-electron chi connectivity index (χ2n) is 7.69. The van der Waals surface area contributed by atoms with Crippen molar-refractivity contribution in [3.8, 4) is 5.75 Å². The molecule has 2 aromatic rings. The lowest BCUT2D eigenvalue weighted by Gasteiger charge is -2.25. The first kappa shape index (κ1) is 18.8. The molecule has 7 nitrogen and oxygen atoms in total. The van der Waals surface area contributed by atoms with Gasteiger partial charge in [0.25, 0.3) is 0 Å². The SMILES string of the molecule is Cc1nn(C2CCC2)cc1OCC1CNCC1NC(=O)OCc1ccccc1. The molecule has 2 aliphatic rings. The van der Waals surface area contributed by atoms with E-state index in [0.29, 0.717) is 12.6 Å². The molecule has 1 aliphatic heterocycles. The summed E-state index contributed by atoms with van der Waals surface area (Å²) in [4.78, 5) is 12.1. The number of carbonyl (C=O) groups is 1. The summed E-state index contributed by atoms with van der Waals surface area (Å²) in [5.41, 5.74) is 1.89. The van der Waals surface area contributed by atoms with E-state index < -0.39 is 6.09 Å². The first-order valence-electron chi connectivity index (χ1n) is 10.1. The van der Waals surface area contributed by atoms with E-state index in [1.165, 1.54) is 19.3 Å². The van der Waals surface area contributed by atoms with E-state index >= 15 is 0 Å². The van der Waals surface area contributed by atoms with Crippen molar-refractivity contribution in [1.82, 2.24) is 20.4 Å². The molecule has 0 bridgehead atoms. The van der Waals surface area contributed by atoms with Gasteiger partial charge in [-0.3, -0.25) is 4.68 Å². The number of nitrogens with zero attached hydrogens (tertiary/aromatic N) is 2. The molecule has 1 aromatic heterocycles. The number of carbonyl (C=O) groups excluding carboxylic acids is 1. The number of amides is 1. The molecule has 1 aromatic carbocycles. The lowest BCUT2D eigenvalue weighted by atomic mass is 9.93. The molecule has 28 heavy (non-hydrogen) atoms. The van der Waals surface area contributed by atoms with Crippen LogP contribution in [0.3, 0.4) is 0 Å². The molecular weight excluding hydrogens is 356 g/mol. The van der Waals surface area contributed by atoms with E-state index in [-0.39, 0.29) is 18.6 Å². The summed E-state index contributed by atoms with van der Waals surface area (Å²) in [6.45, 7) is 4.31. The van der Waals surface area contributed by atoms with E-state index in [4.69, 9.17) is 9.47 Å². The van der Waals surface area contributed by atoms with E-state index in [1.54, 1.807) is 0 Å². The van der Waals surface area contributed by atoms with Gasteiger partial charge >= 0.3 is 6.09 Å². The van der Waals surface area contributed by atoms with Crippen molar-refractivity contribution in [2.45, 2.75) is 44.9 Å². The Morgan fingerprint density at radius 2 is 2.11 bits per heavy atom. The first-order valence-corrected chi connectivity index (χ1v) is 10.1. The van der Waals surface area contributed by atoms with Gasteiger partial charge in [-0.15, -0.1) is 0 Å². The van der Waals surface area contributed by atoms with Crippen molar-refractivity contribution < 1.29 is 14.3 Å². The first-order chi connectivity index (χ1) is 13.7. The van der Waals surface area contributed by atoms with Gasteiger partial charge in [0.2, 0.25) is 0 Å². The minimum Gasteiger partial charge on any atom is -0.490 e. The van der Waals surface area contributed by atoms with Gasteiger partial charge in [0.1, 0.15) is 12.3 Å². The van der Waals surface area contributed by atoms with Gasteiger partial charge in [-0.1, -0.05) is 30.3 Å². The molecule has 2 N–H and O–H groups in total. The smallest absolute Gasteiger partial charge is 0.407 e. The summed E-state index contributed by atoms with van der Waals surface area (Å²) in [5.74, 6) is 1.03. The number of rotatable bonds is 7. The topological polar surface area (TPSA) is 77.4 Å². The van der Waals surface area contributed by atoms with Crippen LogP contribution < -0.4 is 15.4 Å². The molecule has 1 aliphatic carbocycles. The van der Waals surface area contributed by atoms with Crippen molar-refractivity contribution in [3.63, 3.8) is 0 Å². The summed E-state index contributed by atoms with van der Waals surface area (Å²) < 4.78 is 13.4. The van der Waals surface area contributed by atoms with Crippen LogP contribution in [-0.2, 0) is 11.3 Å². The Labute approximate surface area is 165 Å². The van der Waals surface area contributed by atoms with Crippen LogP contribution in [0, 0.1) is 12.8 Å². The Morgan fingerprint density at radius 3 is 2.86 bits per heavy atom. The normalized spacial score (nSPS) is 21.9. The minimum absolute atomic E-state index is 0.00902. The molecule has 4 rings (SSSR count). The lowest BCUT2D eigenvalue weighted by molar-refractivity contribution is 0.131. The van der Waals surface area contributed by atoms with Crippen molar-refractivity contribution in [2.24, 2.45) is 5.92 Å². The van der Waals surface area contributed by atoms with Gasteiger partial charge in [0, 0.05) is 19.0 Å². The Hall–Kier alpha value is -2.54. The maximum atomic E-state index is 12.1. The van der Waals surface area contributed by atoms with Crippen LogP contribution in [0.15, 0.2) is 36.5 Å². The van der Waals surface area contributed by atoms with Gasteiger partial charge < -0.3 is 20.1 Å². The fraction of sp³-hybridized carbons (Fsp3) is 0.524. The van der Waals surface area contributed by atoms with Crippen LogP contribution in [0.4, 0.5) is 4.79 Å². The van der Waals surface area contributed by atoms with E-state index in [0.717, 1.165) is 30.1 Å². The summed E-state index contributed by atoms with van der Waals surface area (Å²) in [5, 5.41) is 10.9. The van der Waals surface area contributed by atoms with Gasteiger partial charge in [0.05, 0.1) is 24.9 Å². The zero-order valence-corrected chi connectivity index (χ0v) is 16.3. The Kier molecular flexibility index (Phi) is 5.81. The number of hydrogen-bond acceptors (Lipinski definition) is 5. The molecular formula is C21H28N4O3. The lowest BCUT2D eigenvalue weighted by Crippen LogP contribution is -2.42. The van der Waals surface area contributed by atoms with E-state index in [1.807, 2.05) is 48.1 Å². The van der Waals surface area contributed by atoms with Crippen LogP contribution in [0.1, 0.15) is 36.6 Å². The second-order valence-corrected chi connectivity index (χ2v) is 7.69. The average Bonchev–Trinajstić information content (AvgIpc) is 3.24. The van der Waals surface area contributed by atoms with E-state index in [9.17, 15) is 4.79 Å². The molecule has 1 amide bonds. The monoisotopic (exact) mass is 384 g/mol. The molecule has 7 heteroatoms. The van der Waals surface area contributed by atoms with E-state index in [2.05, 4.69) is 15.7 Å². The van der Waals surface area contributed by atoms with Crippen molar-refractivity contribution in [3.05, 3.63) is 47.8 Å². The number of benzene rings is 1. The highest BCUT2D eigenvalue weighted by atomic mass is 16.5. The number of aryl methyl sites for hydroxylation is 1. The van der Waals surface area contributed by atoms with Crippen molar-refractivity contribution in [2.75, 3.05) is 19.7 Å². The van der Waals surface area contributed by atoms with Crippen LogP contribution in [-0.4, -0.2) is 41.6 Å². The van der Waals surface area contributed by atoms with Crippen molar-refractivity contribution in [1.29, 1.82) is 0 Å². The number of nitrogens with one attached hydrogen (secondary N) is 2. The molecule has 2 fully saturated rings. The third kappa shape index (κ3) is 4.47. The highest BCUT2D eigenvalue weighted by molar-refractivity contribution is 5.67. The summed E-state index contributed by atoms with van der Waals surface area (Å²) in [6, 6.07) is 10.2. The zero-order chi connectivity index (χ0) is 19.3. The number of alkyl carbamates (subject to hydrolysis) is 1. The molecule has 0 radical (unpaired) electrons. The third-order valence-electron chi connectivity index (χ3n) is 5.63. The maximum Gasteiger partial charge on any atom is 0.407 e. The minimum atomic E-state index is -0.392. The Balaban J connectivity index is 1.25. The second kappa shape index (κ2) is 8.65. The molecule has 150 valence electrons. The predicted octanol–water partition coefficient (Wildman–Crippen LogP) is 2.81. The van der Waals surface area contributed by atoms with Crippen LogP contribution in [0.2, 0.25) is 0 Å². The fourth-order valence-corrected chi connectivity index (χ4v) is 3.64. The zero-order valence-electron chi connectivity index (χ0n) is 16.3. The Bertz CT molecular complexity index is 788. The van der Waals surface area contributed by atoms with Crippen LogP contribution >= 0.6 is 0 Å². The number of ether oxygens (including phenoxy) is 2. The molecule has 2 heterocycles. The summed E-state index contributed by atoms with van der Waals surface area (Å²) in [7, 11) is 0. The number of hydrogen-bond donors (Lipinski definition) is 2. The molecule has 0 spiro atoms. The number of aromatic nitrogens is 2. The van der Waals surface area contributed by atoms with Gasteiger partial charge in [-0.2, -0.15) is 5.10 Å². The van der Waals surface area contributed by atoms with Crippen LogP contribution in [0.25, 0.3) is 0 Å². The largest absolute Gasteiger partial charge is 0.490 e. The summed E-state index contributed by atoms with van der Waals surface area (Å²) in [6.07, 6.45) is 5.30.